The van der Waals surface area contributed by atoms with Crippen molar-refractivity contribution in [1.82, 2.24) is 5.32 Å². The van der Waals surface area contributed by atoms with E-state index >= 15 is 0 Å². The first-order valence-corrected chi connectivity index (χ1v) is 5.70. The molecule has 1 aliphatic heterocycles. The zero-order chi connectivity index (χ0) is 10.8. The van der Waals surface area contributed by atoms with Gasteiger partial charge in [-0.15, -0.1) is 0 Å². The molecule has 1 aliphatic rings. The summed E-state index contributed by atoms with van der Waals surface area (Å²) in [6.45, 7) is 8.27. The second-order valence-corrected chi connectivity index (χ2v) is 4.19. The third-order valence-electron chi connectivity index (χ3n) is 3.06. The largest absolute Gasteiger partial charge is 0.493 e. The number of benzene rings is 1. The Morgan fingerprint density at radius 3 is 2.80 bits per heavy atom. The number of ether oxygens (including phenoxy) is 1. The lowest BCUT2D eigenvalue weighted by Crippen LogP contribution is -2.28. The number of hydrogen-bond donors (Lipinski definition) is 1. The van der Waals surface area contributed by atoms with E-state index in [1.54, 1.807) is 0 Å². The highest BCUT2D eigenvalue weighted by atomic mass is 16.5. The van der Waals surface area contributed by atoms with Crippen LogP contribution in [0.15, 0.2) is 12.1 Å². The molecule has 82 valence electrons. The van der Waals surface area contributed by atoms with E-state index in [0.717, 1.165) is 25.3 Å². The fourth-order valence-electron chi connectivity index (χ4n) is 2.31. The summed E-state index contributed by atoms with van der Waals surface area (Å²) in [5, 5.41) is 3.53. The van der Waals surface area contributed by atoms with E-state index in [-0.39, 0.29) is 0 Å². The van der Waals surface area contributed by atoms with Crippen LogP contribution < -0.4 is 10.1 Å². The van der Waals surface area contributed by atoms with Gasteiger partial charge >= 0.3 is 0 Å². The highest BCUT2D eigenvalue weighted by Crippen LogP contribution is 2.36. The molecule has 15 heavy (non-hydrogen) atoms. The summed E-state index contributed by atoms with van der Waals surface area (Å²) in [5.74, 6) is 1.10. The van der Waals surface area contributed by atoms with Gasteiger partial charge in [0, 0.05) is 18.0 Å². The highest BCUT2D eigenvalue weighted by molar-refractivity contribution is 5.48. The van der Waals surface area contributed by atoms with E-state index in [2.05, 4.69) is 38.2 Å². The van der Waals surface area contributed by atoms with Crippen molar-refractivity contribution in [2.45, 2.75) is 33.2 Å². The maximum Gasteiger partial charge on any atom is 0.127 e. The van der Waals surface area contributed by atoms with Crippen LogP contribution in [0.3, 0.4) is 0 Å². The lowest BCUT2D eigenvalue weighted by molar-refractivity contribution is 0.251. The van der Waals surface area contributed by atoms with Crippen LogP contribution in [0, 0.1) is 13.8 Å². The maximum absolute atomic E-state index is 5.77. The molecule has 0 saturated carbocycles. The zero-order valence-electron chi connectivity index (χ0n) is 9.76. The first-order valence-electron chi connectivity index (χ1n) is 5.70. The predicted octanol–water partition coefficient (Wildman–Crippen LogP) is 2.74. The van der Waals surface area contributed by atoms with Crippen LogP contribution in [0.1, 0.15) is 36.1 Å². The van der Waals surface area contributed by atoms with Crippen LogP contribution >= 0.6 is 0 Å². The van der Waals surface area contributed by atoms with Gasteiger partial charge in [0.05, 0.1) is 6.61 Å². The van der Waals surface area contributed by atoms with Gasteiger partial charge in [-0.2, -0.15) is 0 Å². The van der Waals surface area contributed by atoms with Gasteiger partial charge in [0.2, 0.25) is 0 Å². The quantitative estimate of drug-likeness (QED) is 0.801. The molecule has 1 N–H and O–H groups in total. The molecule has 2 nitrogen and oxygen atoms in total. The van der Waals surface area contributed by atoms with Crippen molar-refractivity contribution in [3.05, 3.63) is 28.8 Å². The molecule has 1 aromatic rings. The van der Waals surface area contributed by atoms with Crippen LogP contribution in [-0.4, -0.2) is 13.2 Å². The Labute approximate surface area is 91.6 Å². The first kappa shape index (κ1) is 10.5. The third-order valence-corrected chi connectivity index (χ3v) is 3.06. The van der Waals surface area contributed by atoms with Crippen LogP contribution in [0.25, 0.3) is 0 Å². The molecule has 0 fully saturated rings. The molecule has 0 bridgehead atoms. The van der Waals surface area contributed by atoms with E-state index in [0.29, 0.717) is 6.04 Å². The minimum absolute atomic E-state index is 0.471. The fourth-order valence-corrected chi connectivity index (χ4v) is 2.31. The second-order valence-electron chi connectivity index (χ2n) is 4.19. The molecule has 0 aromatic heterocycles. The van der Waals surface area contributed by atoms with E-state index in [1.807, 2.05) is 0 Å². The summed E-state index contributed by atoms with van der Waals surface area (Å²) in [6, 6.07) is 4.80. The van der Waals surface area contributed by atoms with Crippen molar-refractivity contribution in [2.75, 3.05) is 13.2 Å². The van der Waals surface area contributed by atoms with Gasteiger partial charge in [0.25, 0.3) is 0 Å². The van der Waals surface area contributed by atoms with Crippen LogP contribution in [0.2, 0.25) is 0 Å². The van der Waals surface area contributed by atoms with Gasteiger partial charge < -0.3 is 10.1 Å². The van der Waals surface area contributed by atoms with Crippen molar-refractivity contribution in [3.8, 4) is 5.75 Å². The summed E-state index contributed by atoms with van der Waals surface area (Å²) in [5.41, 5.74) is 3.95. The summed E-state index contributed by atoms with van der Waals surface area (Å²) in [7, 11) is 0. The van der Waals surface area contributed by atoms with Crippen molar-refractivity contribution in [1.29, 1.82) is 0 Å². The summed E-state index contributed by atoms with van der Waals surface area (Å²) in [6.07, 6.45) is 1.07. The molecule has 0 radical (unpaired) electrons. The SMILES string of the molecule is CCNC1CCOc2c(C)ccc(C)c21. The average Bonchev–Trinajstić information content (AvgIpc) is 2.24. The van der Waals surface area contributed by atoms with Gasteiger partial charge in [-0.05, 0) is 31.5 Å². The smallest absolute Gasteiger partial charge is 0.127 e. The molecule has 2 heteroatoms. The van der Waals surface area contributed by atoms with Crippen molar-refractivity contribution in [3.63, 3.8) is 0 Å². The number of hydrogen-bond acceptors (Lipinski definition) is 2. The second kappa shape index (κ2) is 4.23. The molecule has 0 amide bonds. The monoisotopic (exact) mass is 205 g/mol. The van der Waals surface area contributed by atoms with Crippen LogP contribution in [-0.2, 0) is 0 Å². The van der Waals surface area contributed by atoms with Gasteiger partial charge in [-0.25, -0.2) is 0 Å². The molecule has 2 rings (SSSR count). The third kappa shape index (κ3) is 1.86. The molecule has 1 unspecified atom stereocenters. The zero-order valence-corrected chi connectivity index (χ0v) is 9.76. The normalized spacial score (nSPS) is 19.5. The Hall–Kier alpha value is -1.02. The number of rotatable bonds is 2. The van der Waals surface area contributed by atoms with Gasteiger partial charge in [-0.3, -0.25) is 0 Å². The fraction of sp³-hybridized carbons (Fsp3) is 0.538. The number of aryl methyl sites for hydroxylation is 2. The molecular weight excluding hydrogens is 186 g/mol. The Morgan fingerprint density at radius 2 is 2.07 bits per heavy atom. The molecule has 0 aliphatic carbocycles. The first-order chi connectivity index (χ1) is 7.24. The molecule has 1 heterocycles. The molecule has 0 saturated heterocycles. The van der Waals surface area contributed by atoms with E-state index < -0.39 is 0 Å². The van der Waals surface area contributed by atoms with Crippen molar-refractivity contribution < 1.29 is 4.74 Å². The topological polar surface area (TPSA) is 21.3 Å². The number of fused-ring (bicyclic) bond motifs is 1. The summed E-state index contributed by atoms with van der Waals surface area (Å²) < 4.78 is 5.77. The molecular formula is C13H19NO. The highest BCUT2D eigenvalue weighted by Gasteiger charge is 2.23. The molecule has 1 atom stereocenters. The maximum atomic E-state index is 5.77. The summed E-state index contributed by atoms with van der Waals surface area (Å²) >= 11 is 0. The Balaban J connectivity index is 2.45. The van der Waals surface area contributed by atoms with E-state index in [1.165, 1.54) is 16.7 Å². The van der Waals surface area contributed by atoms with E-state index in [9.17, 15) is 0 Å². The summed E-state index contributed by atoms with van der Waals surface area (Å²) in [4.78, 5) is 0. The average molecular weight is 205 g/mol. The van der Waals surface area contributed by atoms with Gasteiger partial charge in [-0.1, -0.05) is 19.1 Å². The number of nitrogens with one attached hydrogen (secondary N) is 1. The Kier molecular flexibility index (Phi) is 2.96. The predicted molar refractivity (Wildman–Crippen MR) is 62.4 cm³/mol. The Bertz CT molecular complexity index is 360. The van der Waals surface area contributed by atoms with E-state index in [4.69, 9.17) is 4.74 Å². The molecule has 1 aromatic carbocycles. The van der Waals surface area contributed by atoms with Crippen molar-refractivity contribution >= 4 is 0 Å². The van der Waals surface area contributed by atoms with Gasteiger partial charge in [0.15, 0.2) is 0 Å². The van der Waals surface area contributed by atoms with Gasteiger partial charge in [0.1, 0.15) is 5.75 Å². The van der Waals surface area contributed by atoms with Crippen LogP contribution in [0.4, 0.5) is 0 Å². The Morgan fingerprint density at radius 1 is 1.33 bits per heavy atom. The van der Waals surface area contributed by atoms with Crippen molar-refractivity contribution in [2.24, 2.45) is 0 Å². The standard InChI is InChI=1S/C13H19NO/c1-4-14-11-7-8-15-13-10(3)6-5-9(2)12(11)13/h5-6,11,14H,4,7-8H2,1-3H3. The lowest BCUT2D eigenvalue weighted by atomic mass is 9.93. The van der Waals surface area contributed by atoms with Crippen LogP contribution in [0.5, 0.6) is 5.75 Å². The lowest BCUT2D eigenvalue weighted by Gasteiger charge is -2.29. The minimum atomic E-state index is 0.471. The minimum Gasteiger partial charge on any atom is -0.493 e. The molecule has 0 spiro atoms.